The van der Waals surface area contributed by atoms with E-state index in [4.69, 9.17) is 0 Å². The van der Waals surface area contributed by atoms with Crippen molar-refractivity contribution in [2.24, 2.45) is 10.2 Å². The van der Waals surface area contributed by atoms with E-state index >= 15 is 0 Å². The van der Waals surface area contributed by atoms with Gasteiger partial charge >= 0.3 is 0 Å². The van der Waals surface area contributed by atoms with Crippen molar-refractivity contribution in [1.82, 2.24) is 10.2 Å². The number of hydrogen-bond acceptors (Lipinski definition) is 10. The van der Waals surface area contributed by atoms with E-state index in [9.17, 15) is 0 Å². The molecule has 9 nitrogen and oxygen atoms in total. The van der Waals surface area contributed by atoms with E-state index < -0.39 is 0 Å². The van der Waals surface area contributed by atoms with Crippen LogP contribution in [0.25, 0.3) is 21.5 Å². The SMILES string of the molecule is CCCCCc1nnc(N=Nc2ccc(NNc3ccc(NNc4ccc(NC(C)CC)c5ccccc45)c4ccccc34)cc2C)s1. The van der Waals surface area contributed by atoms with Gasteiger partial charge in [0.25, 0.3) is 5.13 Å². The van der Waals surface area contributed by atoms with E-state index in [1.165, 1.54) is 29.6 Å². The molecule has 0 aliphatic carbocycles. The first kappa shape index (κ1) is 32.7. The number of rotatable bonds is 15. The second-order valence-electron chi connectivity index (χ2n) is 12.0. The molecule has 0 bridgehead atoms. The fraction of sp³-hybridized carbons (Fsp3) is 0.263. The topological polar surface area (TPSA) is 111 Å². The molecule has 6 rings (SSSR count). The minimum atomic E-state index is 0.402. The van der Waals surface area contributed by atoms with Gasteiger partial charge in [0.05, 0.1) is 28.4 Å². The fourth-order valence-electron chi connectivity index (χ4n) is 5.55. The van der Waals surface area contributed by atoms with Crippen molar-refractivity contribution in [1.29, 1.82) is 0 Å². The number of anilines is 5. The van der Waals surface area contributed by atoms with Crippen LogP contribution in [0, 0.1) is 6.92 Å². The number of benzene rings is 5. The quantitative estimate of drug-likeness (QED) is 0.0424. The molecule has 1 aromatic heterocycles. The lowest BCUT2D eigenvalue weighted by atomic mass is 10.1. The second-order valence-corrected chi connectivity index (χ2v) is 13.0. The summed E-state index contributed by atoms with van der Waals surface area (Å²) in [6, 6.07) is 31.7. The van der Waals surface area contributed by atoms with Gasteiger partial charge in [0.2, 0.25) is 0 Å². The molecule has 0 aliphatic rings. The lowest BCUT2D eigenvalue weighted by Gasteiger charge is -2.19. The summed E-state index contributed by atoms with van der Waals surface area (Å²) in [5, 5.41) is 27.0. The Morgan fingerprint density at radius 2 is 1.25 bits per heavy atom. The predicted molar refractivity (Wildman–Crippen MR) is 204 cm³/mol. The van der Waals surface area contributed by atoms with Gasteiger partial charge in [0, 0.05) is 39.7 Å². The van der Waals surface area contributed by atoms with Crippen LogP contribution in [0.15, 0.2) is 101 Å². The Kier molecular flexibility index (Phi) is 10.6. The maximum atomic E-state index is 4.44. The molecule has 0 fully saturated rings. The minimum Gasteiger partial charge on any atom is -0.382 e. The number of aryl methyl sites for hydroxylation is 2. The zero-order chi connectivity index (χ0) is 33.3. The van der Waals surface area contributed by atoms with Crippen LogP contribution < -0.4 is 27.0 Å². The van der Waals surface area contributed by atoms with Crippen LogP contribution in [-0.4, -0.2) is 16.2 Å². The van der Waals surface area contributed by atoms with Gasteiger partial charge in [-0.15, -0.1) is 20.4 Å². The molecule has 5 N–H and O–H groups in total. The first-order chi connectivity index (χ1) is 23.5. The highest BCUT2D eigenvalue weighted by molar-refractivity contribution is 7.14. The number of hydrazine groups is 2. The monoisotopic (exact) mass is 657 g/mol. The number of aromatic nitrogens is 2. The normalized spacial score (nSPS) is 12.0. The van der Waals surface area contributed by atoms with Crippen LogP contribution in [-0.2, 0) is 6.42 Å². The summed E-state index contributed by atoms with van der Waals surface area (Å²) in [6.45, 7) is 8.63. The summed E-state index contributed by atoms with van der Waals surface area (Å²) in [5.74, 6) is 0. The van der Waals surface area contributed by atoms with Gasteiger partial charge in [-0.05, 0) is 74.7 Å². The van der Waals surface area contributed by atoms with Crippen LogP contribution >= 0.6 is 11.3 Å². The molecular weight excluding hydrogens is 615 g/mol. The van der Waals surface area contributed by atoms with E-state index in [-0.39, 0.29) is 0 Å². The van der Waals surface area contributed by atoms with Crippen molar-refractivity contribution >= 4 is 72.1 Å². The molecule has 0 saturated heterocycles. The fourth-order valence-corrected chi connectivity index (χ4v) is 6.25. The molecule has 1 unspecified atom stereocenters. The van der Waals surface area contributed by atoms with E-state index in [0.29, 0.717) is 11.2 Å². The Morgan fingerprint density at radius 3 is 1.83 bits per heavy atom. The van der Waals surface area contributed by atoms with Gasteiger partial charge in [-0.2, -0.15) is 0 Å². The summed E-state index contributed by atoms with van der Waals surface area (Å²) in [6.07, 6.45) is 5.53. The van der Waals surface area contributed by atoms with Gasteiger partial charge in [0.15, 0.2) is 0 Å². The third-order valence-electron chi connectivity index (χ3n) is 8.43. The highest BCUT2D eigenvalue weighted by Crippen LogP contribution is 2.34. The molecule has 0 aliphatic heterocycles. The van der Waals surface area contributed by atoms with Gasteiger partial charge in [-0.25, -0.2) is 0 Å². The Morgan fingerprint density at radius 1 is 0.667 bits per heavy atom. The molecule has 0 saturated carbocycles. The van der Waals surface area contributed by atoms with Crippen molar-refractivity contribution in [2.45, 2.75) is 65.8 Å². The highest BCUT2D eigenvalue weighted by Gasteiger charge is 2.10. The van der Waals surface area contributed by atoms with Crippen LogP contribution in [0.3, 0.4) is 0 Å². The molecule has 48 heavy (non-hydrogen) atoms. The largest absolute Gasteiger partial charge is 0.382 e. The van der Waals surface area contributed by atoms with Gasteiger partial charge in [-0.3, -0.25) is 0 Å². The average molecular weight is 658 g/mol. The third kappa shape index (κ3) is 7.83. The minimum absolute atomic E-state index is 0.402. The van der Waals surface area contributed by atoms with Crippen LogP contribution in [0.1, 0.15) is 57.0 Å². The summed E-state index contributed by atoms with van der Waals surface area (Å²) < 4.78 is 0. The first-order valence-corrected chi connectivity index (χ1v) is 17.5. The van der Waals surface area contributed by atoms with E-state index in [0.717, 1.165) is 80.1 Å². The van der Waals surface area contributed by atoms with Crippen LogP contribution in [0.4, 0.5) is 39.3 Å². The van der Waals surface area contributed by atoms with Crippen molar-refractivity contribution < 1.29 is 0 Å². The number of nitrogens with one attached hydrogen (secondary N) is 5. The Hall–Kier alpha value is -5.22. The molecular formula is C38H43N9S. The molecule has 0 radical (unpaired) electrons. The summed E-state index contributed by atoms with van der Waals surface area (Å²) in [5.41, 5.74) is 20.5. The zero-order valence-corrected chi connectivity index (χ0v) is 28.8. The van der Waals surface area contributed by atoms with Crippen LogP contribution in [0.5, 0.6) is 0 Å². The second kappa shape index (κ2) is 15.6. The molecule has 1 atom stereocenters. The molecule has 0 spiro atoms. The number of fused-ring (bicyclic) bond motifs is 2. The summed E-state index contributed by atoms with van der Waals surface area (Å²) in [7, 11) is 0. The van der Waals surface area contributed by atoms with Gasteiger partial charge < -0.3 is 27.0 Å². The number of hydrogen-bond donors (Lipinski definition) is 5. The van der Waals surface area contributed by atoms with E-state index in [1.807, 2.05) is 25.1 Å². The molecule has 5 aromatic carbocycles. The van der Waals surface area contributed by atoms with E-state index in [1.54, 1.807) is 0 Å². The van der Waals surface area contributed by atoms with Gasteiger partial charge in [-0.1, -0.05) is 86.6 Å². The first-order valence-electron chi connectivity index (χ1n) is 16.7. The van der Waals surface area contributed by atoms with Crippen molar-refractivity contribution in [3.8, 4) is 0 Å². The van der Waals surface area contributed by atoms with Gasteiger partial charge in [0.1, 0.15) is 5.01 Å². The maximum Gasteiger partial charge on any atom is 0.251 e. The summed E-state index contributed by atoms with van der Waals surface area (Å²) in [4.78, 5) is 0. The Balaban J connectivity index is 1.12. The van der Waals surface area contributed by atoms with Crippen molar-refractivity contribution in [2.75, 3.05) is 27.0 Å². The highest BCUT2D eigenvalue weighted by atomic mass is 32.1. The lowest BCUT2D eigenvalue weighted by Crippen LogP contribution is -2.14. The maximum absolute atomic E-state index is 4.44. The molecule has 6 aromatic rings. The predicted octanol–water partition coefficient (Wildman–Crippen LogP) is 11.4. The zero-order valence-electron chi connectivity index (χ0n) is 28.0. The number of nitrogens with zero attached hydrogens (tertiary/aromatic N) is 4. The Bertz CT molecular complexity index is 2020. The van der Waals surface area contributed by atoms with Crippen molar-refractivity contribution in [3.05, 3.63) is 102 Å². The molecule has 1 heterocycles. The van der Waals surface area contributed by atoms with E-state index in [2.05, 4.69) is 141 Å². The Labute approximate surface area is 286 Å². The molecule has 10 heteroatoms. The van der Waals surface area contributed by atoms with Crippen LogP contribution in [0.2, 0.25) is 0 Å². The molecule has 0 amide bonds. The number of azo groups is 1. The molecule has 246 valence electrons. The lowest BCUT2D eigenvalue weighted by molar-refractivity contribution is 0.710. The number of unbranched alkanes of at least 4 members (excludes halogenated alkanes) is 2. The van der Waals surface area contributed by atoms with Crippen molar-refractivity contribution in [3.63, 3.8) is 0 Å². The third-order valence-corrected chi connectivity index (χ3v) is 9.29. The average Bonchev–Trinajstić information content (AvgIpc) is 3.57. The summed E-state index contributed by atoms with van der Waals surface area (Å²) >= 11 is 1.51. The standard InChI is InChI=1S/C38H43N9S/c1-5-7-8-17-37-45-47-38(48-37)46-41-32-19-18-27(24-25(32)3)40-42-34-22-23-36(31-16-12-11-15-30(31)34)44-43-35-21-20-33(39-26(4)6-2)28-13-9-10-14-29(28)35/h9-16,18-24,26,39-40,42-44H,5-8,17H2,1-4H3. The smallest absolute Gasteiger partial charge is 0.251 e.